The molecule has 0 aliphatic carbocycles. The fourth-order valence-electron chi connectivity index (χ4n) is 9.87. The molecule has 9 aromatic carbocycles. The SMILES string of the molecule is Cc1cc(-c2ccccc2)ccc1N1c2cc3c(cc2B2c4c1cc1ccccc1c4-c1ccc4ccccc4c1N2c1ccc(C(C)(C)C)cc1)Oc1ccccc1O3. The van der Waals surface area contributed by atoms with Gasteiger partial charge in [0.25, 0.3) is 0 Å². The second-order valence-electron chi connectivity index (χ2n) is 17.4. The average Bonchev–Trinajstić information content (AvgIpc) is 3.27. The van der Waals surface area contributed by atoms with Crippen molar-refractivity contribution in [3.05, 3.63) is 187 Å². The zero-order valence-corrected chi connectivity index (χ0v) is 34.0. The molecule has 0 saturated carbocycles. The van der Waals surface area contributed by atoms with E-state index in [0.717, 1.165) is 28.2 Å². The van der Waals surface area contributed by atoms with E-state index in [2.05, 4.69) is 189 Å². The topological polar surface area (TPSA) is 24.9 Å². The van der Waals surface area contributed by atoms with Gasteiger partial charge >= 0.3 is 6.85 Å². The highest BCUT2D eigenvalue weighted by molar-refractivity contribution is 6.94. The van der Waals surface area contributed by atoms with Crippen LogP contribution in [0.25, 0.3) is 43.8 Å². The summed E-state index contributed by atoms with van der Waals surface area (Å²) in [6.45, 7) is 8.87. The summed E-state index contributed by atoms with van der Waals surface area (Å²) in [4.78, 5) is 5.09. The highest BCUT2D eigenvalue weighted by Crippen LogP contribution is 2.54. The molecule has 0 radical (unpaired) electrons. The van der Waals surface area contributed by atoms with E-state index >= 15 is 0 Å². The molecule has 0 bridgehead atoms. The number of rotatable bonds is 3. The average molecular weight is 773 g/mol. The van der Waals surface area contributed by atoms with Gasteiger partial charge in [-0.3, -0.25) is 0 Å². The van der Waals surface area contributed by atoms with Crippen molar-refractivity contribution in [3.63, 3.8) is 0 Å². The Morgan fingerprint density at radius 2 is 1.17 bits per heavy atom. The number of hydrogen-bond donors (Lipinski definition) is 0. The summed E-state index contributed by atoms with van der Waals surface area (Å²) in [5.74, 6) is 2.83. The molecule has 60 heavy (non-hydrogen) atoms. The fourth-order valence-corrected chi connectivity index (χ4v) is 9.87. The minimum atomic E-state index is -0.209. The van der Waals surface area contributed by atoms with Crippen molar-refractivity contribution in [2.24, 2.45) is 0 Å². The first kappa shape index (κ1) is 34.8. The molecule has 286 valence electrons. The van der Waals surface area contributed by atoms with Gasteiger partial charge in [0.05, 0.1) is 0 Å². The van der Waals surface area contributed by atoms with E-state index < -0.39 is 0 Å². The summed E-state index contributed by atoms with van der Waals surface area (Å²) >= 11 is 0. The largest absolute Gasteiger partial charge is 0.450 e. The molecular weight excluding hydrogens is 731 g/mol. The van der Waals surface area contributed by atoms with Crippen LogP contribution in [0.5, 0.6) is 23.0 Å². The molecule has 0 amide bonds. The second-order valence-corrected chi connectivity index (χ2v) is 17.4. The Morgan fingerprint density at radius 1 is 0.500 bits per heavy atom. The predicted molar refractivity (Wildman–Crippen MR) is 251 cm³/mol. The lowest BCUT2D eigenvalue weighted by molar-refractivity contribution is 0.360. The van der Waals surface area contributed by atoms with E-state index in [1.807, 2.05) is 24.3 Å². The van der Waals surface area contributed by atoms with Crippen molar-refractivity contribution in [1.82, 2.24) is 0 Å². The molecule has 0 atom stereocenters. The molecule has 0 spiro atoms. The number of nitrogens with zero attached hydrogens (tertiary/aromatic N) is 2. The van der Waals surface area contributed by atoms with Crippen molar-refractivity contribution in [1.29, 1.82) is 0 Å². The van der Waals surface area contributed by atoms with Gasteiger partial charge in [-0.15, -0.1) is 0 Å². The summed E-state index contributed by atoms with van der Waals surface area (Å²) in [7, 11) is 0. The minimum Gasteiger partial charge on any atom is -0.450 e. The molecule has 3 aliphatic rings. The Labute approximate surface area is 351 Å². The van der Waals surface area contributed by atoms with Crippen molar-refractivity contribution < 1.29 is 9.47 Å². The maximum atomic E-state index is 6.74. The minimum absolute atomic E-state index is 0.0161. The molecule has 5 heteroatoms. The third kappa shape index (κ3) is 5.18. The summed E-state index contributed by atoms with van der Waals surface area (Å²) < 4.78 is 13.4. The van der Waals surface area contributed by atoms with Gasteiger partial charge in [-0.05, 0) is 116 Å². The Hall–Kier alpha value is -7.24. The molecule has 9 aromatic rings. The first-order chi connectivity index (χ1) is 29.3. The van der Waals surface area contributed by atoms with E-state index in [1.165, 1.54) is 66.1 Å². The summed E-state index contributed by atoms with van der Waals surface area (Å²) in [5, 5.41) is 4.87. The number of aryl methyl sites for hydroxylation is 1. The highest BCUT2D eigenvalue weighted by Gasteiger charge is 2.47. The van der Waals surface area contributed by atoms with Crippen molar-refractivity contribution in [2.75, 3.05) is 9.71 Å². The van der Waals surface area contributed by atoms with Crippen LogP contribution in [0.15, 0.2) is 176 Å². The fraction of sp³-hybridized carbons (Fsp3) is 0.0909. The molecule has 3 aliphatic heterocycles. The van der Waals surface area contributed by atoms with Gasteiger partial charge in [0.1, 0.15) is 0 Å². The standard InChI is InChI=1S/C55H41BN2O2/c1-34-30-37(35-14-6-5-7-15-35)23-29-45(34)57-46-33-51-50(59-48-20-12-13-21-49(48)60-51)32-44(46)56-53-47(57)31-38-17-9-10-18-41(38)52(53)43-28-22-36-16-8-11-19-42(36)54(43)58(56)40-26-24-39(25-27-40)55(2,3)4/h5-33H,1-4H3. The van der Waals surface area contributed by atoms with Crippen LogP contribution >= 0.6 is 0 Å². The third-order valence-electron chi connectivity index (χ3n) is 12.7. The number of ether oxygens (including phenoxy) is 2. The number of benzene rings is 9. The van der Waals surface area contributed by atoms with Crippen molar-refractivity contribution in [3.8, 4) is 45.3 Å². The van der Waals surface area contributed by atoms with Gasteiger partial charge < -0.3 is 19.2 Å². The normalized spacial score (nSPS) is 13.5. The van der Waals surface area contributed by atoms with Crippen LogP contribution in [0.2, 0.25) is 0 Å². The maximum absolute atomic E-state index is 6.74. The Bertz CT molecular complexity index is 3220. The molecule has 0 fully saturated rings. The van der Waals surface area contributed by atoms with Crippen LogP contribution in [-0.2, 0) is 5.41 Å². The summed E-state index contributed by atoms with van der Waals surface area (Å²) in [6, 6.07) is 64.0. The van der Waals surface area contributed by atoms with Gasteiger partial charge in [-0.2, -0.15) is 0 Å². The second kappa shape index (κ2) is 12.9. The van der Waals surface area contributed by atoms with Gasteiger partial charge in [0.2, 0.25) is 0 Å². The quantitative estimate of drug-likeness (QED) is 0.167. The van der Waals surface area contributed by atoms with Gasteiger partial charge in [0, 0.05) is 45.5 Å². The zero-order valence-electron chi connectivity index (χ0n) is 34.0. The van der Waals surface area contributed by atoms with Crippen molar-refractivity contribution >= 4 is 67.8 Å². The number of para-hydroxylation sites is 2. The number of hydrogen-bond acceptors (Lipinski definition) is 4. The smallest absolute Gasteiger partial charge is 0.333 e. The number of anilines is 5. The van der Waals surface area contributed by atoms with E-state index in [-0.39, 0.29) is 12.3 Å². The molecular formula is C55H41BN2O2. The highest BCUT2D eigenvalue weighted by atomic mass is 16.6. The molecule has 12 rings (SSSR count). The van der Waals surface area contributed by atoms with E-state index in [9.17, 15) is 0 Å². The van der Waals surface area contributed by atoms with Gasteiger partial charge in [0.15, 0.2) is 23.0 Å². The van der Waals surface area contributed by atoms with Crippen LogP contribution in [0, 0.1) is 6.92 Å². The molecule has 3 heterocycles. The zero-order chi connectivity index (χ0) is 40.3. The lowest BCUT2D eigenvalue weighted by Crippen LogP contribution is -2.61. The Balaban J connectivity index is 1.20. The lowest BCUT2D eigenvalue weighted by Gasteiger charge is -2.47. The van der Waals surface area contributed by atoms with Crippen LogP contribution in [0.3, 0.4) is 0 Å². The van der Waals surface area contributed by atoms with Crippen LogP contribution in [0.4, 0.5) is 28.4 Å². The van der Waals surface area contributed by atoms with E-state index in [1.54, 1.807) is 0 Å². The molecule has 0 unspecified atom stereocenters. The lowest BCUT2D eigenvalue weighted by atomic mass is 9.43. The van der Waals surface area contributed by atoms with Crippen molar-refractivity contribution in [2.45, 2.75) is 33.1 Å². The Kier molecular flexibility index (Phi) is 7.47. The van der Waals surface area contributed by atoms with Crippen LogP contribution in [0.1, 0.15) is 31.9 Å². The van der Waals surface area contributed by atoms with Gasteiger partial charge in [-0.1, -0.05) is 142 Å². The maximum Gasteiger partial charge on any atom is 0.333 e. The monoisotopic (exact) mass is 772 g/mol. The van der Waals surface area contributed by atoms with E-state index in [4.69, 9.17) is 9.47 Å². The summed E-state index contributed by atoms with van der Waals surface area (Å²) in [6.07, 6.45) is 0. The first-order valence-electron chi connectivity index (χ1n) is 20.9. The summed E-state index contributed by atoms with van der Waals surface area (Å²) in [5.41, 5.74) is 15.5. The molecule has 0 aromatic heterocycles. The molecule has 0 saturated heterocycles. The van der Waals surface area contributed by atoms with Crippen LogP contribution in [-0.4, -0.2) is 6.85 Å². The van der Waals surface area contributed by atoms with Gasteiger partial charge in [-0.25, -0.2) is 0 Å². The first-order valence-corrected chi connectivity index (χ1v) is 20.9. The van der Waals surface area contributed by atoms with E-state index in [0.29, 0.717) is 23.0 Å². The number of fused-ring (bicyclic) bond motifs is 10. The third-order valence-corrected chi connectivity index (χ3v) is 12.7. The Morgan fingerprint density at radius 3 is 1.90 bits per heavy atom. The molecule has 4 nitrogen and oxygen atoms in total. The van der Waals surface area contributed by atoms with Crippen LogP contribution < -0.4 is 30.1 Å². The molecule has 0 N–H and O–H groups in total. The predicted octanol–water partition coefficient (Wildman–Crippen LogP) is 13.9.